The topological polar surface area (TPSA) is 116 Å². The first-order valence-electron chi connectivity index (χ1n) is 13.7. The van der Waals surface area contributed by atoms with E-state index < -0.39 is 29.4 Å². The number of amides is 1. The van der Waals surface area contributed by atoms with Crippen molar-refractivity contribution in [3.63, 3.8) is 0 Å². The van der Waals surface area contributed by atoms with Crippen molar-refractivity contribution in [3.8, 4) is 5.75 Å². The van der Waals surface area contributed by atoms with Crippen LogP contribution in [0.1, 0.15) is 51.8 Å². The average molecular weight is 590 g/mol. The number of para-hydroxylation sites is 1. The van der Waals surface area contributed by atoms with Crippen molar-refractivity contribution < 1.29 is 28.6 Å². The van der Waals surface area contributed by atoms with E-state index in [2.05, 4.69) is 4.99 Å². The fraction of sp³-hybridized carbons (Fsp3) is 0.323. The molecule has 0 aliphatic carbocycles. The Balaban J connectivity index is 1.73. The molecule has 10 nitrogen and oxygen atoms in total. The van der Waals surface area contributed by atoms with Gasteiger partial charge in [-0.05, 0) is 58.4 Å². The van der Waals surface area contributed by atoms with Crippen LogP contribution in [0.3, 0.4) is 0 Å². The van der Waals surface area contributed by atoms with Gasteiger partial charge in [-0.2, -0.15) is 0 Å². The molecule has 0 saturated carbocycles. The molecule has 2 aliphatic heterocycles. The normalized spacial score (nSPS) is 17.1. The number of carbonyl (C=O) groups excluding carboxylic acids is 3. The third-order valence-corrected chi connectivity index (χ3v) is 7.86. The Hall–Kier alpha value is -4.51. The first kappa shape index (κ1) is 29.0. The van der Waals surface area contributed by atoms with Gasteiger partial charge in [0.2, 0.25) is 0 Å². The summed E-state index contributed by atoms with van der Waals surface area (Å²) in [6.07, 6.45) is -0.386. The van der Waals surface area contributed by atoms with E-state index in [0.29, 0.717) is 39.7 Å². The minimum Gasteiger partial charge on any atom is -0.494 e. The highest BCUT2D eigenvalue weighted by molar-refractivity contribution is 7.07. The number of rotatable bonds is 8. The number of ether oxygens (including phenoxy) is 3. The molecule has 1 amide bonds. The van der Waals surface area contributed by atoms with Gasteiger partial charge in [0.1, 0.15) is 16.8 Å². The highest BCUT2D eigenvalue weighted by Gasteiger charge is 2.38. The summed E-state index contributed by atoms with van der Waals surface area (Å²) in [5.41, 5.74) is 2.05. The highest BCUT2D eigenvalue weighted by atomic mass is 32.1. The third-order valence-electron chi connectivity index (χ3n) is 6.81. The molecule has 0 unspecified atom stereocenters. The molecule has 0 N–H and O–H groups in total. The molecular weight excluding hydrogens is 558 g/mol. The highest BCUT2D eigenvalue weighted by Crippen LogP contribution is 2.36. The number of hydrogen-bond donors (Lipinski definition) is 0. The second-order valence-corrected chi connectivity index (χ2v) is 10.9. The van der Waals surface area contributed by atoms with E-state index >= 15 is 0 Å². The second-order valence-electron chi connectivity index (χ2n) is 9.95. The van der Waals surface area contributed by atoms with Crippen LogP contribution in [0.25, 0.3) is 5.57 Å². The number of thiazole rings is 1. The van der Waals surface area contributed by atoms with Gasteiger partial charge in [0, 0.05) is 5.56 Å². The summed E-state index contributed by atoms with van der Waals surface area (Å²) in [5, 5.41) is 0. The van der Waals surface area contributed by atoms with E-state index in [1.54, 1.807) is 76.2 Å². The van der Waals surface area contributed by atoms with Gasteiger partial charge in [-0.15, -0.1) is 0 Å². The monoisotopic (exact) mass is 589 g/mol. The quantitative estimate of drug-likeness (QED) is 0.371. The SMILES string of the molecule is CCOC(=O)CN1C(=O)/C(=c2\sc3n(c2=O)[C@@H](c2ccc(OCC)cc2)C(C(=O)OC(C)C)=C(C)N=3)c2ccccc21. The minimum atomic E-state index is -0.847. The summed E-state index contributed by atoms with van der Waals surface area (Å²) in [6, 6.07) is 13.3. The summed E-state index contributed by atoms with van der Waals surface area (Å²) < 4.78 is 17.8. The second kappa shape index (κ2) is 11.8. The van der Waals surface area contributed by atoms with E-state index in [9.17, 15) is 19.2 Å². The molecule has 0 spiro atoms. The predicted octanol–water partition coefficient (Wildman–Crippen LogP) is 2.87. The molecule has 1 aromatic heterocycles. The number of anilines is 1. The van der Waals surface area contributed by atoms with Crippen LogP contribution in [-0.4, -0.2) is 48.3 Å². The zero-order valence-electron chi connectivity index (χ0n) is 24.0. The van der Waals surface area contributed by atoms with Crippen LogP contribution in [0, 0.1) is 0 Å². The number of nitrogens with zero attached hydrogens (tertiary/aromatic N) is 3. The Kier molecular flexibility index (Phi) is 8.13. The molecule has 0 fully saturated rings. The van der Waals surface area contributed by atoms with Gasteiger partial charge in [0.05, 0.1) is 47.9 Å². The molecule has 11 heteroatoms. The van der Waals surface area contributed by atoms with Gasteiger partial charge in [0.15, 0.2) is 4.80 Å². The molecule has 5 rings (SSSR count). The first-order chi connectivity index (χ1) is 20.2. The van der Waals surface area contributed by atoms with Gasteiger partial charge >= 0.3 is 11.9 Å². The first-order valence-corrected chi connectivity index (χ1v) is 14.5. The lowest BCUT2D eigenvalue weighted by atomic mass is 9.95. The van der Waals surface area contributed by atoms with Gasteiger partial charge in [-0.25, -0.2) is 9.79 Å². The molecule has 42 heavy (non-hydrogen) atoms. The van der Waals surface area contributed by atoms with Gasteiger partial charge in [0.25, 0.3) is 11.5 Å². The van der Waals surface area contributed by atoms with E-state index in [1.165, 1.54) is 9.47 Å². The molecular formula is C31H31N3O7S. The molecule has 1 atom stereocenters. The Morgan fingerprint density at radius 1 is 1.02 bits per heavy atom. The van der Waals surface area contributed by atoms with Crippen molar-refractivity contribution >= 4 is 40.4 Å². The zero-order valence-corrected chi connectivity index (χ0v) is 24.8. The van der Waals surface area contributed by atoms with Crippen molar-refractivity contribution in [1.82, 2.24) is 4.57 Å². The number of aromatic nitrogens is 1. The van der Waals surface area contributed by atoms with Crippen molar-refractivity contribution in [2.24, 2.45) is 4.99 Å². The lowest BCUT2D eigenvalue weighted by Gasteiger charge is -2.25. The van der Waals surface area contributed by atoms with E-state index in [0.717, 1.165) is 11.3 Å². The summed E-state index contributed by atoms with van der Waals surface area (Å²) in [7, 11) is 0. The zero-order chi connectivity index (χ0) is 30.1. The number of allylic oxidation sites excluding steroid dienone is 1. The van der Waals surface area contributed by atoms with Crippen molar-refractivity contribution in [3.05, 3.63) is 90.6 Å². The van der Waals surface area contributed by atoms with Crippen LogP contribution < -0.4 is 24.5 Å². The van der Waals surface area contributed by atoms with Crippen LogP contribution in [0.15, 0.2) is 69.6 Å². The lowest BCUT2D eigenvalue weighted by molar-refractivity contribution is -0.143. The lowest BCUT2D eigenvalue weighted by Crippen LogP contribution is -2.41. The molecule has 0 saturated heterocycles. The van der Waals surface area contributed by atoms with Crippen LogP contribution in [-0.2, 0) is 23.9 Å². The van der Waals surface area contributed by atoms with Gasteiger partial charge < -0.3 is 14.2 Å². The molecule has 3 aromatic rings. The molecule has 2 aliphatic rings. The maximum absolute atomic E-state index is 14.3. The average Bonchev–Trinajstić information content (AvgIpc) is 3.40. The third kappa shape index (κ3) is 5.16. The maximum Gasteiger partial charge on any atom is 0.338 e. The van der Waals surface area contributed by atoms with E-state index in [1.807, 2.05) is 6.92 Å². The van der Waals surface area contributed by atoms with E-state index in [4.69, 9.17) is 14.2 Å². The minimum absolute atomic E-state index is 0.166. The largest absolute Gasteiger partial charge is 0.494 e. The summed E-state index contributed by atoms with van der Waals surface area (Å²) in [5.74, 6) is -0.964. The van der Waals surface area contributed by atoms with Crippen LogP contribution in [0.2, 0.25) is 0 Å². The maximum atomic E-state index is 14.3. The molecule has 218 valence electrons. The number of esters is 2. The number of carbonyl (C=O) groups is 3. The molecule has 0 bridgehead atoms. The van der Waals surface area contributed by atoms with Crippen LogP contribution in [0.5, 0.6) is 5.75 Å². The summed E-state index contributed by atoms with van der Waals surface area (Å²) in [6.45, 7) is 9.17. The Morgan fingerprint density at radius 2 is 1.74 bits per heavy atom. The molecule has 0 radical (unpaired) electrons. The number of fused-ring (bicyclic) bond motifs is 2. The van der Waals surface area contributed by atoms with E-state index in [-0.39, 0.29) is 34.9 Å². The van der Waals surface area contributed by atoms with Crippen LogP contribution >= 0.6 is 11.3 Å². The molecule has 3 heterocycles. The van der Waals surface area contributed by atoms with Crippen molar-refractivity contribution in [1.29, 1.82) is 0 Å². The molecule has 2 aromatic carbocycles. The standard InChI is InChI=1S/C31H31N3O7S/c1-6-39-20-14-12-19(13-15-20)26-24(30(38)41-17(3)4)18(5)32-31-34(26)29(37)27(42-31)25-21-10-8-9-11-22(21)33(28(25)36)16-23(35)40-7-2/h8-15,17,26H,6-7,16H2,1-5H3/b27-25-/t26-/m0/s1. The fourth-order valence-electron chi connectivity index (χ4n) is 5.13. The van der Waals surface area contributed by atoms with Crippen molar-refractivity contribution in [2.75, 3.05) is 24.7 Å². The predicted molar refractivity (Wildman–Crippen MR) is 157 cm³/mol. The van der Waals surface area contributed by atoms with Gasteiger partial charge in [-0.3, -0.25) is 23.9 Å². The Labute approximate surface area is 246 Å². The smallest absolute Gasteiger partial charge is 0.338 e. The van der Waals surface area contributed by atoms with Crippen LogP contribution in [0.4, 0.5) is 5.69 Å². The Bertz CT molecular complexity index is 1780. The number of hydrogen-bond acceptors (Lipinski definition) is 9. The van der Waals surface area contributed by atoms with Gasteiger partial charge in [-0.1, -0.05) is 41.7 Å². The number of benzene rings is 2. The van der Waals surface area contributed by atoms with Crippen molar-refractivity contribution in [2.45, 2.75) is 46.8 Å². The Morgan fingerprint density at radius 3 is 2.40 bits per heavy atom. The summed E-state index contributed by atoms with van der Waals surface area (Å²) in [4.78, 5) is 60.1. The summed E-state index contributed by atoms with van der Waals surface area (Å²) >= 11 is 1.07. The fourth-order valence-corrected chi connectivity index (χ4v) is 6.27.